The molecule has 0 amide bonds. The Balaban J connectivity index is 1.60. The average molecular weight is 434 g/mol. The minimum atomic E-state index is -0.00131. The lowest BCUT2D eigenvalue weighted by atomic mass is 10.0. The van der Waals surface area contributed by atoms with Crippen LogP contribution in [0.2, 0.25) is 0 Å². The van der Waals surface area contributed by atoms with Gasteiger partial charge in [-0.15, -0.1) is 0 Å². The van der Waals surface area contributed by atoms with Gasteiger partial charge in [-0.2, -0.15) is 0 Å². The predicted molar refractivity (Wildman–Crippen MR) is 126 cm³/mol. The number of thiocarbonyl (C=S) groups is 1. The second kappa shape index (κ2) is 8.16. The molecule has 30 heavy (non-hydrogen) atoms. The van der Waals surface area contributed by atoms with Gasteiger partial charge in [0, 0.05) is 18.9 Å². The van der Waals surface area contributed by atoms with Gasteiger partial charge in [0.2, 0.25) is 0 Å². The quantitative estimate of drug-likeness (QED) is 0.421. The maximum Gasteiger partial charge on any atom is 0.194 e. The van der Waals surface area contributed by atoms with Crippen LogP contribution in [-0.2, 0) is 0 Å². The second-order valence-electron chi connectivity index (χ2n) is 7.44. The summed E-state index contributed by atoms with van der Waals surface area (Å²) in [6.07, 6.45) is 6.16. The minimum Gasteiger partial charge on any atom is -0.352 e. The predicted octanol–water partition coefficient (Wildman–Crippen LogP) is 5.25. The summed E-state index contributed by atoms with van der Waals surface area (Å²) >= 11 is 7.47. The van der Waals surface area contributed by atoms with Crippen molar-refractivity contribution < 1.29 is 0 Å². The van der Waals surface area contributed by atoms with Crippen LogP contribution in [0.3, 0.4) is 0 Å². The van der Waals surface area contributed by atoms with E-state index in [1.54, 1.807) is 11.3 Å². The molecule has 1 N–H and O–H groups in total. The van der Waals surface area contributed by atoms with Gasteiger partial charge in [-0.05, 0) is 55.0 Å². The van der Waals surface area contributed by atoms with E-state index in [0.29, 0.717) is 0 Å². The zero-order valence-corrected chi connectivity index (χ0v) is 18.4. The first-order chi connectivity index (χ1) is 14.8. The molecule has 0 spiro atoms. The van der Waals surface area contributed by atoms with Crippen molar-refractivity contribution in [3.05, 3.63) is 78.4 Å². The number of fused-ring (bicyclic) bond motifs is 1. The van der Waals surface area contributed by atoms with E-state index in [0.717, 1.165) is 40.8 Å². The topological polar surface area (TPSA) is 46.0 Å². The standard InChI is InChI=1S/C23H23N5S2/c1-2-3-14-28-21(20(26-22(28)29)17-10-6-7-13-24-17)18-11-8-15-27(18)23-25-16-9-4-5-12-19(16)30-23/h4-13,15,20-21H,2-3,14H2,1H3,(H,26,29). The molecule has 4 heterocycles. The molecule has 1 fully saturated rings. The molecule has 5 nitrogen and oxygen atoms in total. The smallest absolute Gasteiger partial charge is 0.194 e. The lowest BCUT2D eigenvalue weighted by Crippen LogP contribution is -2.31. The molecule has 4 aromatic rings. The molecule has 3 aromatic heterocycles. The molecule has 7 heteroatoms. The summed E-state index contributed by atoms with van der Waals surface area (Å²) in [5.41, 5.74) is 3.20. The highest BCUT2D eigenvalue weighted by Crippen LogP contribution is 2.40. The first-order valence-corrected chi connectivity index (χ1v) is 11.5. The molecule has 1 saturated heterocycles. The van der Waals surface area contributed by atoms with Gasteiger partial charge in [0.05, 0.1) is 33.7 Å². The molecule has 152 valence electrons. The fourth-order valence-electron chi connectivity index (χ4n) is 4.07. The monoisotopic (exact) mass is 433 g/mol. The van der Waals surface area contributed by atoms with E-state index >= 15 is 0 Å². The second-order valence-corrected chi connectivity index (χ2v) is 8.84. The van der Waals surface area contributed by atoms with Gasteiger partial charge in [-0.1, -0.05) is 42.9 Å². The SMILES string of the molecule is CCCCN1C(=S)NC(c2ccccn2)C1c1cccn1-c1nc2ccccc2s1. The van der Waals surface area contributed by atoms with Crippen LogP contribution in [0.25, 0.3) is 15.3 Å². The van der Waals surface area contributed by atoms with E-state index in [1.807, 2.05) is 24.4 Å². The van der Waals surface area contributed by atoms with Crippen LogP contribution in [0.5, 0.6) is 0 Å². The maximum absolute atomic E-state index is 5.76. The van der Waals surface area contributed by atoms with Gasteiger partial charge in [0.1, 0.15) is 0 Å². The van der Waals surface area contributed by atoms with Crippen molar-refractivity contribution in [1.29, 1.82) is 0 Å². The lowest BCUT2D eigenvalue weighted by Gasteiger charge is -2.28. The van der Waals surface area contributed by atoms with Crippen LogP contribution in [0.15, 0.2) is 67.0 Å². The van der Waals surface area contributed by atoms with E-state index in [4.69, 9.17) is 17.2 Å². The van der Waals surface area contributed by atoms with Gasteiger partial charge in [0.15, 0.2) is 10.2 Å². The van der Waals surface area contributed by atoms with E-state index in [-0.39, 0.29) is 12.1 Å². The van der Waals surface area contributed by atoms with E-state index < -0.39 is 0 Å². The van der Waals surface area contributed by atoms with Crippen molar-refractivity contribution in [2.24, 2.45) is 0 Å². The largest absolute Gasteiger partial charge is 0.352 e. The number of aromatic nitrogens is 3. The Labute approximate surface area is 185 Å². The molecule has 1 aromatic carbocycles. The number of rotatable bonds is 6. The van der Waals surface area contributed by atoms with Crippen LogP contribution in [0.1, 0.15) is 43.2 Å². The highest BCUT2D eigenvalue weighted by Gasteiger charge is 2.41. The third-order valence-corrected chi connectivity index (χ3v) is 6.91. The van der Waals surface area contributed by atoms with Crippen LogP contribution < -0.4 is 5.32 Å². The molecule has 5 rings (SSSR count). The Kier molecular flexibility index (Phi) is 5.23. The van der Waals surface area contributed by atoms with Crippen molar-refractivity contribution in [3.63, 3.8) is 0 Å². The molecule has 0 radical (unpaired) electrons. The lowest BCUT2D eigenvalue weighted by molar-refractivity contribution is 0.304. The molecule has 1 aliphatic rings. The summed E-state index contributed by atoms with van der Waals surface area (Å²) in [7, 11) is 0. The Bertz CT molecular complexity index is 1130. The minimum absolute atomic E-state index is 0.00131. The first-order valence-electron chi connectivity index (χ1n) is 10.3. The third kappa shape index (κ3) is 3.38. The average Bonchev–Trinajstić information content (AvgIpc) is 3.49. The fraction of sp³-hybridized carbons (Fsp3) is 0.261. The number of benzene rings is 1. The van der Waals surface area contributed by atoms with Crippen LogP contribution in [-0.4, -0.2) is 31.1 Å². The van der Waals surface area contributed by atoms with E-state index in [2.05, 4.69) is 69.3 Å². The highest BCUT2D eigenvalue weighted by atomic mass is 32.1. The summed E-state index contributed by atoms with van der Waals surface area (Å²) in [5.74, 6) is 0. The summed E-state index contributed by atoms with van der Waals surface area (Å²) in [5, 5.41) is 5.31. The van der Waals surface area contributed by atoms with Crippen molar-refractivity contribution in [2.45, 2.75) is 31.8 Å². The van der Waals surface area contributed by atoms with E-state index in [1.165, 1.54) is 10.4 Å². The zero-order chi connectivity index (χ0) is 20.5. The molecule has 0 aliphatic carbocycles. The van der Waals surface area contributed by atoms with Gasteiger partial charge in [-0.3, -0.25) is 9.55 Å². The molecular weight excluding hydrogens is 410 g/mol. The van der Waals surface area contributed by atoms with Crippen LogP contribution >= 0.6 is 23.6 Å². The number of para-hydroxylation sites is 1. The van der Waals surface area contributed by atoms with Crippen LogP contribution in [0, 0.1) is 0 Å². The number of unbranched alkanes of at least 4 members (excludes halogenated alkanes) is 1. The third-order valence-electron chi connectivity index (χ3n) is 5.52. The highest BCUT2D eigenvalue weighted by molar-refractivity contribution is 7.80. The van der Waals surface area contributed by atoms with Crippen molar-refractivity contribution in [3.8, 4) is 5.13 Å². The van der Waals surface area contributed by atoms with Crippen molar-refractivity contribution in [1.82, 2.24) is 24.8 Å². The number of hydrogen-bond donors (Lipinski definition) is 1. The number of thiazole rings is 1. The normalized spacial score (nSPS) is 18.8. The van der Waals surface area contributed by atoms with Gasteiger partial charge in [-0.25, -0.2) is 4.98 Å². The molecule has 2 unspecified atom stereocenters. The van der Waals surface area contributed by atoms with Gasteiger partial charge >= 0.3 is 0 Å². The number of nitrogens with zero attached hydrogens (tertiary/aromatic N) is 4. The summed E-state index contributed by atoms with van der Waals surface area (Å²) < 4.78 is 3.40. The van der Waals surface area contributed by atoms with Gasteiger partial charge in [0.25, 0.3) is 0 Å². The van der Waals surface area contributed by atoms with Crippen LogP contribution in [0.4, 0.5) is 0 Å². The molecule has 1 aliphatic heterocycles. The summed E-state index contributed by atoms with van der Waals surface area (Å²) in [6.45, 7) is 3.13. The Morgan fingerprint density at radius 2 is 1.97 bits per heavy atom. The Morgan fingerprint density at radius 1 is 1.10 bits per heavy atom. The summed E-state index contributed by atoms with van der Waals surface area (Å²) in [6, 6.07) is 18.7. The number of hydrogen-bond acceptors (Lipinski definition) is 4. The van der Waals surface area contributed by atoms with Crippen molar-refractivity contribution >= 4 is 38.9 Å². The fourth-order valence-corrected chi connectivity index (χ4v) is 5.37. The number of pyridine rings is 1. The first kappa shape index (κ1) is 19.2. The van der Waals surface area contributed by atoms with Crippen molar-refractivity contribution in [2.75, 3.05) is 6.54 Å². The molecular formula is C23H23N5S2. The Morgan fingerprint density at radius 3 is 2.77 bits per heavy atom. The Hall–Kier alpha value is -2.77. The van der Waals surface area contributed by atoms with Gasteiger partial charge < -0.3 is 10.2 Å². The maximum atomic E-state index is 5.76. The number of nitrogens with one attached hydrogen (secondary N) is 1. The zero-order valence-electron chi connectivity index (χ0n) is 16.7. The molecule has 0 bridgehead atoms. The molecule has 2 atom stereocenters. The summed E-state index contributed by atoms with van der Waals surface area (Å²) in [4.78, 5) is 11.8. The van der Waals surface area contributed by atoms with E-state index in [9.17, 15) is 0 Å². The molecule has 0 saturated carbocycles.